The number of para-hydroxylation sites is 1. The summed E-state index contributed by atoms with van der Waals surface area (Å²) in [6.07, 6.45) is 3.78. The van der Waals surface area contributed by atoms with Crippen LogP contribution in [0.15, 0.2) is 24.3 Å². The van der Waals surface area contributed by atoms with Gasteiger partial charge in [0.2, 0.25) is 0 Å². The van der Waals surface area contributed by atoms with Crippen LogP contribution in [0.1, 0.15) is 25.3 Å². The summed E-state index contributed by atoms with van der Waals surface area (Å²) >= 11 is 0. The van der Waals surface area contributed by atoms with Gasteiger partial charge in [-0.1, -0.05) is 25.1 Å². The van der Waals surface area contributed by atoms with Gasteiger partial charge in [-0.15, -0.1) is 0 Å². The van der Waals surface area contributed by atoms with E-state index in [9.17, 15) is 0 Å². The molecule has 1 saturated heterocycles. The Kier molecular flexibility index (Phi) is 3.83. The maximum Gasteiger partial charge on any atom is 0.0373 e. The van der Waals surface area contributed by atoms with E-state index in [1.165, 1.54) is 30.6 Å². The third kappa shape index (κ3) is 2.56. The van der Waals surface area contributed by atoms with Crippen molar-refractivity contribution in [3.63, 3.8) is 0 Å². The lowest BCUT2D eigenvalue weighted by Crippen LogP contribution is -2.31. The highest BCUT2D eigenvalue weighted by atomic mass is 15.2. The van der Waals surface area contributed by atoms with E-state index in [0.717, 1.165) is 13.0 Å². The Morgan fingerprint density at radius 3 is 2.88 bits per heavy atom. The maximum absolute atomic E-state index is 3.59. The highest BCUT2D eigenvalue weighted by Crippen LogP contribution is 2.18. The van der Waals surface area contributed by atoms with Crippen molar-refractivity contribution < 1.29 is 0 Å². The third-order valence-corrected chi connectivity index (χ3v) is 3.60. The van der Waals surface area contributed by atoms with E-state index in [1.54, 1.807) is 0 Å². The molecule has 16 heavy (non-hydrogen) atoms. The molecule has 1 aliphatic heterocycles. The van der Waals surface area contributed by atoms with E-state index in [2.05, 4.69) is 48.5 Å². The number of benzene rings is 1. The Balaban J connectivity index is 1.93. The zero-order chi connectivity index (χ0) is 11.4. The SMILES string of the molecule is CCc1ccccc1NCC1CCCN1C. The van der Waals surface area contributed by atoms with Crippen LogP contribution in [0, 0.1) is 0 Å². The quantitative estimate of drug-likeness (QED) is 0.836. The van der Waals surface area contributed by atoms with E-state index in [-0.39, 0.29) is 0 Å². The minimum atomic E-state index is 0.713. The predicted molar refractivity (Wildman–Crippen MR) is 70.0 cm³/mol. The van der Waals surface area contributed by atoms with Crippen molar-refractivity contribution in [3.05, 3.63) is 29.8 Å². The minimum Gasteiger partial charge on any atom is -0.383 e. The molecule has 0 radical (unpaired) electrons. The molecule has 1 fully saturated rings. The molecule has 1 unspecified atom stereocenters. The van der Waals surface area contributed by atoms with Gasteiger partial charge in [-0.3, -0.25) is 0 Å². The summed E-state index contributed by atoms with van der Waals surface area (Å²) in [6, 6.07) is 9.34. The average Bonchev–Trinajstić information content (AvgIpc) is 2.72. The molecule has 1 aromatic rings. The molecule has 1 aliphatic rings. The van der Waals surface area contributed by atoms with E-state index in [4.69, 9.17) is 0 Å². The first kappa shape index (κ1) is 11.5. The number of aryl methyl sites for hydroxylation is 1. The highest BCUT2D eigenvalue weighted by Gasteiger charge is 2.20. The first-order valence-electron chi connectivity index (χ1n) is 6.33. The molecular weight excluding hydrogens is 196 g/mol. The summed E-state index contributed by atoms with van der Waals surface area (Å²) in [7, 11) is 2.23. The maximum atomic E-state index is 3.59. The molecule has 0 spiro atoms. The van der Waals surface area contributed by atoms with Crippen LogP contribution in [-0.2, 0) is 6.42 Å². The summed E-state index contributed by atoms with van der Waals surface area (Å²) < 4.78 is 0. The van der Waals surface area contributed by atoms with Crippen LogP contribution in [0.5, 0.6) is 0 Å². The second-order valence-corrected chi connectivity index (χ2v) is 4.67. The number of hydrogen-bond donors (Lipinski definition) is 1. The topological polar surface area (TPSA) is 15.3 Å². The molecule has 0 aromatic heterocycles. The van der Waals surface area contributed by atoms with E-state index in [0.29, 0.717) is 6.04 Å². The van der Waals surface area contributed by atoms with Gasteiger partial charge in [0.05, 0.1) is 0 Å². The molecule has 0 saturated carbocycles. The number of hydrogen-bond acceptors (Lipinski definition) is 2. The molecule has 1 N–H and O–H groups in total. The van der Waals surface area contributed by atoms with Gasteiger partial charge < -0.3 is 10.2 Å². The average molecular weight is 218 g/mol. The molecule has 2 heteroatoms. The largest absolute Gasteiger partial charge is 0.383 e. The number of rotatable bonds is 4. The number of anilines is 1. The van der Waals surface area contributed by atoms with Crippen molar-refractivity contribution in [2.24, 2.45) is 0 Å². The van der Waals surface area contributed by atoms with E-state index >= 15 is 0 Å². The molecule has 2 nitrogen and oxygen atoms in total. The smallest absolute Gasteiger partial charge is 0.0373 e. The van der Waals surface area contributed by atoms with Crippen molar-refractivity contribution in [2.75, 3.05) is 25.5 Å². The normalized spacial score (nSPS) is 21.2. The van der Waals surface area contributed by atoms with Crippen LogP contribution < -0.4 is 5.32 Å². The summed E-state index contributed by atoms with van der Waals surface area (Å²) in [4.78, 5) is 2.46. The summed E-state index contributed by atoms with van der Waals surface area (Å²) in [5, 5.41) is 3.59. The molecule has 0 aliphatic carbocycles. The number of likely N-dealkylation sites (tertiary alicyclic amines) is 1. The van der Waals surface area contributed by atoms with Crippen molar-refractivity contribution in [1.29, 1.82) is 0 Å². The Labute approximate surface area is 98.7 Å². The van der Waals surface area contributed by atoms with Gasteiger partial charge >= 0.3 is 0 Å². The van der Waals surface area contributed by atoms with Crippen LogP contribution in [0.25, 0.3) is 0 Å². The van der Waals surface area contributed by atoms with Gasteiger partial charge in [-0.25, -0.2) is 0 Å². The van der Waals surface area contributed by atoms with Crippen LogP contribution in [-0.4, -0.2) is 31.1 Å². The standard InChI is InChI=1S/C14H22N2/c1-3-12-7-4-5-9-14(12)15-11-13-8-6-10-16(13)2/h4-5,7,9,13,15H,3,6,8,10-11H2,1-2H3. The Hall–Kier alpha value is -1.02. The van der Waals surface area contributed by atoms with E-state index in [1.807, 2.05) is 0 Å². The fraction of sp³-hybridized carbons (Fsp3) is 0.571. The van der Waals surface area contributed by atoms with Crippen molar-refractivity contribution in [1.82, 2.24) is 4.90 Å². The first-order valence-corrected chi connectivity index (χ1v) is 6.33. The molecular formula is C14H22N2. The Bertz CT molecular complexity index is 335. The molecule has 88 valence electrons. The van der Waals surface area contributed by atoms with Crippen molar-refractivity contribution in [2.45, 2.75) is 32.2 Å². The lowest BCUT2D eigenvalue weighted by Gasteiger charge is -2.21. The third-order valence-electron chi connectivity index (χ3n) is 3.60. The van der Waals surface area contributed by atoms with Gasteiger partial charge in [0, 0.05) is 18.3 Å². The predicted octanol–water partition coefficient (Wildman–Crippen LogP) is 2.76. The van der Waals surface area contributed by atoms with Gasteiger partial charge in [0.1, 0.15) is 0 Å². The minimum absolute atomic E-state index is 0.713. The van der Waals surface area contributed by atoms with Gasteiger partial charge in [0.15, 0.2) is 0 Å². The number of nitrogens with one attached hydrogen (secondary N) is 1. The molecule has 1 heterocycles. The van der Waals surface area contributed by atoms with Crippen LogP contribution >= 0.6 is 0 Å². The number of likely N-dealkylation sites (N-methyl/N-ethyl adjacent to an activating group) is 1. The Morgan fingerprint density at radius 2 is 2.19 bits per heavy atom. The summed E-state index contributed by atoms with van der Waals surface area (Å²) in [6.45, 7) is 4.54. The second kappa shape index (κ2) is 5.35. The van der Waals surface area contributed by atoms with Gasteiger partial charge in [-0.05, 0) is 44.5 Å². The van der Waals surface area contributed by atoms with Crippen molar-refractivity contribution in [3.8, 4) is 0 Å². The monoisotopic (exact) mass is 218 g/mol. The first-order chi connectivity index (χ1) is 7.81. The zero-order valence-corrected chi connectivity index (χ0v) is 10.4. The van der Waals surface area contributed by atoms with Crippen LogP contribution in [0.4, 0.5) is 5.69 Å². The molecule has 0 bridgehead atoms. The fourth-order valence-electron chi connectivity index (χ4n) is 2.47. The van der Waals surface area contributed by atoms with Crippen molar-refractivity contribution >= 4 is 5.69 Å². The molecule has 0 amide bonds. The van der Waals surface area contributed by atoms with Crippen LogP contribution in [0.2, 0.25) is 0 Å². The molecule has 2 rings (SSSR count). The lowest BCUT2D eigenvalue weighted by atomic mass is 10.1. The van der Waals surface area contributed by atoms with Gasteiger partial charge in [0.25, 0.3) is 0 Å². The Morgan fingerprint density at radius 1 is 1.38 bits per heavy atom. The van der Waals surface area contributed by atoms with Gasteiger partial charge in [-0.2, -0.15) is 0 Å². The highest BCUT2D eigenvalue weighted by molar-refractivity contribution is 5.51. The fourth-order valence-corrected chi connectivity index (χ4v) is 2.47. The van der Waals surface area contributed by atoms with Crippen LogP contribution in [0.3, 0.4) is 0 Å². The number of nitrogens with zero attached hydrogens (tertiary/aromatic N) is 1. The zero-order valence-electron chi connectivity index (χ0n) is 10.4. The van der Waals surface area contributed by atoms with E-state index < -0.39 is 0 Å². The second-order valence-electron chi connectivity index (χ2n) is 4.67. The lowest BCUT2D eigenvalue weighted by molar-refractivity contribution is 0.322. The summed E-state index contributed by atoms with van der Waals surface area (Å²) in [5.41, 5.74) is 2.73. The summed E-state index contributed by atoms with van der Waals surface area (Å²) in [5.74, 6) is 0. The molecule has 1 atom stereocenters. The molecule has 1 aromatic carbocycles.